The number of carbonyl (C=O) groups is 1. The lowest BCUT2D eigenvalue weighted by Gasteiger charge is -2.12. The molecule has 1 N–H and O–H groups in total. The minimum Gasteiger partial charge on any atom is -0.307 e. The summed E-state index contributed by atoms with van der Waals surface area (Å²) in [6, 6.07) is 15.5. The Hall–Kier alpha value is -2.00. The second kappa shape index (κ2) is 6.96. The molecule has 3 heteroatoms. The maximum atomic E-state index is 12.8. The number of Topliss-reactive ketones (excluding diaryl/α,β-unsaturated/α-hetero) is 1. The van der Waals surface area contributed by atoms with Gasteiger partial charge in [-0.05, 0) is 37.6 Å². The van der Waals surface area contributed by atoms with Crippen LogP contribution in [0.2, 0.25) is 0 Å². The molecule has 20 heavy (non-hydrogen) atoms. The van der Waals surface area contributed by atoms with Crippen molar-refractivity contribution >= 4 is 5.78 Å². The maximum Gasteiger partial charge on any atom is 0.179 e. The molecular weight excluding hydrogens is 253 g/mol. The van der Waals surface area contributed by atoms with Crippen LogP contribution in [0.3, 0.4) is 0 Å². The first-order chi connectivity index (χ1) is 9.66. The molecule has 0 fully saturated rings. The van der Waals surface area contributed by atoms with Crippen molar-refractivity contribution in [1.82, 2.24) is 5.32 Å². The molecular formula is C17H18FNO. The van der Waals surface area contributed by atoms with Gasteiger partial charge < -0.3 is 5.32 Å². The van der Waals surface area contributed by atoms with Gasteiger partial charge in [-0.15, -0.1) is 0 Å². The van der Waals surface area contributed by atoms with Gasteiger partial charge in [-0.25, -0.2) is 4.39 Å². The molecule has 1 unspecified atom stereocenters. The van der Waals surface area contributed by atoms with Crippen molar-refractivity contribution in [2.45, 2.75) is 19.4 Å². The number of nitrogens with one attached hydrogen (secondary N) is 1. The number of ketones is 1. The fourth-order valence-electron chi connectivity index (χ4n) is 2.03. The summed E-state index contributed by atoms with van der Waals surface area (Å²) in [5, 5.41) is 3.20. The van der Waals surface area contributed by atoms with E-state index in [9.17, 15) is 9.18 Å². The van der Waals surface area contributed by atoms with Crippen LogP contribution in [0, 0.1) is 5.82 Å². The van der Waals surface area contributed by atoms with Gasteiger partial charge in [-0.2, -0.15) is 0 Å². The van der Waals surface area contributed by atoms with Crippen LogP contribution in [0.5, 0.6) is 0 Å². The SMILES string of the molecule is CC(NCCc1ccc(F)cc1)C(=O)c1ccccc1. The van der Waals surface area contributed by atoms with Crippen molar-refractivity contribution in [3.05, 3.63) is 71.5 Å². The molecule has 0 aliphatic rings. The third-order valence-electron chi connectivity index (χ3n) is 3.23. The third kappa shape index (κ3) is 4.00. The highest BCUT2D eigenvalue weighted by atomic mass is 19.1. The highest BCUT2D eigenvalue weighted by molar-refractivity contribution is 5.99. The molecule has 0 saturated carbocycles. The zero-order valence-electron chi connectivity index (χ0n) is 11.5. The topological polar surface area (TPSA) is 29.1 Å². The van der Waals surface area contributed by atoms with Crippen LogP contribution in [-0.2, 0) is 6.42 Å². The van der Waals surface area contributed by atoms with E-state index in [0.717, 1.165) is 12.0 Å². The van der Waals surface area contributed by atoms with Crippen molar-refractivity contribution < 1.29 is 9.18 Å². The minimum absolute atomic E-state index is 0.0877. The molecule has 0 amide bonds. The van der Waals surface area contributed by atoms with Gasteiger partial charge in [-0.3, -0.25) is 4.79 Å². The van der Waals surface area contributed by atoms with Gasteiger partial charge in [0.15, 0.2) is 5.78 Å². The van der Waals surface area contributed by atoms with Crippen LogP contribution < -0.4 is 5.32 Å². The zero-order valence-corrected chi connectivity index (χ0v) is 11.5. The van der Waals surface area contributed by atoms with Gasteiger partial charge in [0.05, 0.1) is 6.04 Å². The molecule has 0 heterocycles. The first-order valence-corrected chi connectivity index (χ1v) is 6.74. The molecule has 0 radical (unpaired) electrons. The minimum atomic E-state index is -0.227. The molecule has 2 nitrogen and oxygen atoms in total. The smallest absolute Gasteiger partial charge is 0.179 e. The van der Waals surface area contributed by atoms with Crippen molar-refractivity contribution in [2.75, 3.05) is 6.54 Å². The second-order valence-corrected chi connectivity index (χ2v) is 4.78. The molecule has 0 saturated heterocycles. The van der Waals surface area contributed by atoms with Crippen molar-refractivity contribution in [1.29, 1.82) is 0 Å². The van der Waals surface area contributed by atoms with Gasteiger partial charge in [0, 0.05) is 5.56 Å². The molecule has 0 aliphatic carbocycles. The Morgan fingerprint density at radius 1 is 1.10 bits per heavy atom. The Kier molecular flexibility index (Phi) is 5.02. The first-order valence-electron chi connectivity index (χ1n) is 6.74. The lowest BCUT2D eigenvalue weighted by atomic mass is 10.1. The Bertz CT molecular complexity index is 551. The summed E-state index contributed by atoms with van der Waals surface area (Å²) in [7, 11) is 0. The standard InChI is InChI=1S/C17H18FNO/c1-13(17(20)15-5-3-2-4-6-15)19-12-11-14-7-9-16(18)10-8-14/h2-10,13,19H,11-12H2,1H3. The fraction of sp³-hybridized carbons (Fsp3) is 0.235. The Morgan fingerprint density at radius 3 is 2.40 bits per heavy atom. The average Bonchev–Trinajstić information content (AvgIpc) is 2.49. The molecule has 0 aromatic heterocycles. The first kappa shape index (κ1) is 14.4. The molecule has 0 bridgehead atoms. The van der Waals surface area contributed by atoms with E-state index in [4.69, 9.17) is 0 Å². The van der Waals surface area contributed by atoms with Gasteiger partial charge in [-0.1, -0.05) is 42.5 Å². The predicted octanol–water partition coefficient (Wildman–Crippen LogP) is 3.23. The number of carbonyl (C=O) groups excluding carboxylic acids is 1. The number of benzene rings is 2. The largest absolute Gasteiger partial charge is 0.307 e. The number of rotatable bonds is 6. The van der Waals surface area contributed by atoms with Crippen molar-refractivity contribution in [3.63, 3.8) is 0 Å². The van der Waals surface area contributed by atoms with Gasteiger partial charge in [0.25, 0.3) is 0 Å². The summed E-state index contributed by atoms with van der Waals surface area (Å²) in [5.41, 5.74) is 1.77. The summed E-state index contributed by atoms with van der Waals surface area (Å²) < 4.78 is 12.8. The van der Waals surface area contributed by atoms with Crippen LogP contribution in [0.1, 0.15) is 22.8 Å². The van der Waals surface area contributed by atoms with E-state index in [1.54, 1.807) is 12.1 Å². The number of hydrogen-bond acceptors (Lipinski definition) is 2. The fourth-order valence-corrected chi connectivity index (χ4v) is 2.03. The lowest BCUT2D eigenvalue weighted by molar-refractivity contribution is 0.0951. The molecule has 1 atom stereocenters. The van der Waals surface area contributed by atoms with E-state index < -0.39 is 0 Å². The Morgan fingerprint density at radius 2 is 1.75 bits per heavy atom. The zero-order chi connectivity index (χ0) is 14.4. The highest BCUT2D eigenvalue weighted by Crippen LogP contribution is 2.05. The molecule has 2 aromatic rings. The molecule has 0 spiro atoms. The summed E-state index contributed by atoms with van der Waals surface area (Å²) in [6.45, 7) is 2.55. The van der Waals surface area contributed by atoms with E-state index in [0.29, 0.717) is 12.1 Å². The van der Waals surface area contributed by atoms with Crippen LogP contribution in [0.25, 0.3) is 0 Å². The van der Waals surface area contributed by atoms with E-state index in [1.807, 2.05) is 37.3 Å². The van der Waals surface area contributed by atoms with Crippen LogP contribution in [-0.4, -0.2) is 18.4 Å². The highest BCUT2D eigenvalue weighted by Gasteiger charge is 2.13. The normalized spacial score (nSPS) is 12.1. The van der Waals surface area contributed by atoms with Crippen LogP contribution in [0.4, 0.5) is 4.39 Å². The van der Waals surface area contributed by atoms with Crippen molar-refractivity contribution in [2.24, 2.45) is 0 Å². The second-order valence-electron chi connectivity index (χ2n) is 4.78. The molecule has 2 rings (SSSR count). The van der Waals surface area contributed by atoms with E-state index in [2.05, 4.69) is 5.32 Å². The molecule has 104 valence electrons. The Labute approximate surface area is 118 Å². The summed E-state index contributed by atoms with van der Waals surface area (Å²) in [4.78, 5) is 12.1. The van der Waals surface area contributed by atoms with Crippen LogP contribution in [0.15, 0.2) is 54.6 Å². The summed E-state index contributed by atoms with van der Waals surface area (Å²) in [6.07, 6.45) is 0.771. The van der Waals surface area contributed by atoms with Gasteiger partial charge >= 0.3 is 0 Å². The monoisotopic (exact) mass is 271 g/mol. The van der Waals surface area contributed by atoms with Gasteiger partial charge in [0.2, 0.25) is 0 Å². The number of hydrogen-bond donors (Lipinski definition) is 1. The maximum absolute atomic E-state index is 12.8. The summed E-state index contributed by atoms with van der Waals surface area (Å²) >= 11 is 0. The lowest BCUT2D eigenvalue weighted by Crippen LogP contribution is -2.35. The Balaban J connectivity index is 1.82. The van der Waals surface area contributed by atoms with Crippen LogP contribution >= 0.6 is 0 Å². The quantitative estimate of drug-likeness (QED) is 0.817. The average molecular weight is 271 g/mol. The van der Waals surface area contributed by atoms with E-state index in [-0.39, 0.29) is 17.6 Å². The molecule has 2 aromatic carbocycles. The predicted molar refractivity (Wildman–Crippen MR) is 78.3 cm³/mol. The summed E-state index contributed by atoms with van der Waals surface area (Å²) in [5.74, 6) is -0.140. The van der Waals surface area contributed by atoms with Crippen molar-refractivity contribution in [3.8, 4) is 0 Å². The molecule has 0 aliphatic heterocycles. The number of halogens is 1. The third-order valence-corrected chi connectivity index (χ3v) is 3.23. The van der Waals surface area contributed by atoms with E-state index >= 15 is 0 Å². The van der Waals surface area contributed by atoms with E-state index in [1.165, 1.54) is 12.1 Å². The van der Waals surface area contributed by atoms with Gasteiger partial charge in [0.1, 0.15) is 5.82 Å².